The van der Waals surface area contributed by atoms with Crippen molar-refractivity contribution in [1.29, 1.82) is 0 Å². The Labute approximate surface area is 90.1 Å². The lowest BCUT2D eigenvalue weighted by molar-refractivity contribution is -0.123. The molecule has 0 heterocycles. The molecule has 4 N–H and O–H groups in total. The molecule has 0 rings (SSSR count). The van der Waals surface area contributed by atoms with Crippen LogP contribution in [0.5, 0.6) is 0 Å². The highest BCUT2D eigenvalue weighted by Crippen LogP contribution is 2.04. The maximum atomic E-state index is 11.5. The van der Waals surface area contributed by atoms with Gasteiger partial charge in [0.05, 0.1) is 0 Å². The number of urea groups is 1. The number of primary amides is 1. The molecule has 86 valence electrons. The number of hydrogen-bond donors (Lipinski definition) is 3. The summed E-state index contributed by atoms with van der Waals surface area (Å²) in [6, 6.07) is -1.25. The Kier molecular flexibility index (Phi) is 6.17. The van der Waals surface area contributed by atoms with Crippen molar-refractivity contribution in [3.63, 3.8) is 0 Å². The van der Waals surface area contributed by atoms with Crippen molar-refractivity contribution in [3.8, 4) is 0 Å². The van der Waals surface area contributed by atoms with Crippen LogP contribution in [0.3, 0.4) is 0 Å². The summed E-state index contributed by atoms with van der Waals surface area (Å²) in [5.41, 5.74) is 4.99. The van der Waals surface area contributed by atoms with Crippen LogP contribution in [0.1, 0.15) is 20.3 Å². The van der Waals surface area contributed by atoms with Gasteiger partial charge in [-0.25, -0.2) is 4.79 Å². The third-order valence-electron chi connectivity index (χ3n) is 1.76. The highest BCUT2D eigenvalue weighted by molar-refractivity contribution is 5.86. The van der Waals surface area contributed by atoms with Crippen molar-refractivity contribution in [2.45, 2.75) is 26.3 Å². The molecule has 1 atom stereocenters. The van der Waals surface area contributed by atoms with E-state index in [9.17, 15) is 9.59 Å². The minimum atomic E-state index is -0.686. The maximum Gasteiger partial charge on any atom is 0.312 e. The second-order valence-corrected chi connectivity index (χ2v) is 3.72. The first-order chi connectivity index (χ1) is 6.97. The van der Waals surface area contributed by atoms with E-state index in [2.05, 4.69) is 17.2 Å². The van der Waals surface area contributed by atoms with Crippen LogP contribution in [0.2, 0.25) is 0 Å². The summed E-state index contributed by atoms with van der Waals surface area (Å²) in [6.45, 7) is 7.81. The molecule has 0 radical (unpaired) electrons. The number of hydrogen-bond acceptors (Lipinski definition) is 2. The molecule has 5 nitrogen and oxygen atoms in total. The van der Waals surface area contributed by atoms with Gasteiger partial charge in [0.15, 0.2) is 0 Å². The number of carbonyl (C=O) groups is 2. The Balaban J connectivity index is 4.26. The Morgan fingerprint density at radius 1 is 1.47 bits per heavy atom. The van der Waals surface area contributed by atoms with Crippen LogP contribution in [0.4, 0.5) is 4.79 Å². The van der Waals surface area contributed by atoms with Gasteiger partial charge in [0, 0.05) is 6.54 Å². The summed E-state index contributed by atoms with van der Waals surface area (Å²) in [5, 5.41) is 5.03. The molecule has 0 aromatic carbocycles. The highest BCUT2D eigenvalue weighted by atomic mass is 16.2. The summed E-state index contributed by atoms with van der Waals surface area (Å²) in [4.78, 5) is 22.2. The van der Waals surface area contributed by atoms with E-state index in [-0.39, 0.29) is 5.91 Å². The first-order valence-electron chi connectivity index (χ1n) is 4.92. The molecule has 3 amide bonds. The van der Waals surface area contributed by atoms with Gasteiger partial charge in [-0.15, -0.1) is 6.58 Å². The van der Waals surface area contributed by atoms with E-state index in [4.69, 9.17) is 5.73 Å². The Hall–Kier alpha value is -1.52. The van der Waals surface area contributed by atoms with E-state index >= 15 is 0 Å². The Morgan fingerprint density at radius 2 is 2.07 bits per heavy atom. The van der Waals surface area contributed by atoms with Gasteiger partial charge in [-0.1, -0.05) is 19.9 Å². The Morgan fingerprint density at radius 3 is 2.47 bits per heavy atom. The third kappa shape index (κ3) is 6.54. The van der Waals surface area contributed by atoms with E-state index in [1.54, 1.807) is 6.08 Å². The average Bonchev–Trinajstić information content (AvgIpc) is 2.11. The molecule has 0 aliphatic carbocycles. The highest BCUT2D eigenvalue weighted by Gasteiger charge is 2.19. The summed E-state index contributed by atoms with van der Waals surface area (Å²) >= 11 is 0. The second-order valence-electron chi connectivity index (χ2n) is 3.72. The predicted octanol–water partition coefficient (Wildman–Crippen LogP) is 0.372. The third-order valence-corrected chi connectivity index (χ3v) is 1.76. The van der Waals surface area contributed by atoms with Crippen molar-refractivity contribution in [2.24, 2.45) is 11.7 Å². The van der Waals surface area contributed by atoms with Gasteiger partial charge in [0.1, 0.15) is 6.04 Å². The fourth-order valence-corrected chi connectivity index (χ4v) is 1.17. The Bertz CT molecular complexity index is 239. The minimum Gasteiger partial charge on any atom is -0.352 e. The molecule has 0 spiro atoms. The summed E-state index contributed by atoms with van der Waals surface area (Å²) in [5.74, 6) is 0.0683. The maximum absolute atomic E-state index is 11.5. The van der Waals surface area contributed by atoms with E-state index in [1.165, 1.54) is 0 Å². The van der Waals surface area contributed by atoms with Gasteiger partial charge in [-0.2, -0.15) is 0 Å². The molecule has 5 heteroatoms. The van der Waals surface area contributed by atoms with Crippen LogP contribution in [0, 0.1) is 5.92 Å². The minimum absolute atomic E-state index is 0.234. The number of rotatable bonds is 6. The van der Waals surface area contributed by atoms with Gasteiger partial charge in [-0.3, -0.25) is 4.79 Å². The predicted molar refractivity (Wildman–Crippen MR) is 59.2 cm³/mol. The average molecular weight is 213 g/mol. The zero-order chi connectivity index (χ0) is 11.8. The molecule has 0 bridgehead atoms. The summed E-state index contributed by atoms with van der Waals surface area (Å²) < 4.78 is 0. The van der Waals surface area contributed by atoms with Crippen LogP contribution in [0.15, 0.2) is 12.7 Å². The van der Waals surface area contributed by atoms with Crippen LogP contribution in [-0.4, -0.2) is 24.5 Å². The molecular formula is C10H19N3O2. The van der Waals surface area contributed by atoms with E-state index in [1.807, 2.05) is 13.8 Å². The van der Waals surface area contributed by atoms with Crippen molar-refractivity contribution in [1.82, 2.24) is 10.6 Å². The van der Waals surface area contributed by atoms with Gasteiger partial charge in [0.25, 0.3) is 0 Å². The van der Waals surface area contributed by atoms with Crippen LogP contribution in [-0.2, 0) is 4.79 Å². The van der Waals surface area contributed by atoms with Crippen molar-refractivity contribution in [3.05, 3.63) is 12.7 Å². The van der Waals surface area contributed by atoms with Crippen LogP contribution in [0.25, 0.3) is 0 Å². The number of nitrogens with one attached hydrogen (secondary N) is 2. The van der Waals surface area contributed by atoms with Crippen LogP contribution >= 0.6 is 0 Å². The SMILES string of the molecule is C=CCNC(=O)C(CC(C)C)NC(N)=O. The lowest BCUT2D eigenvalue weighted by Gasteiger charge is -2.18. The topological polar surface area (TPSA) is 84.2 Å². The largest absolute Gasteiger partial charge is 0.352 e. The number of carbonyl (C=O) groups excluding carboxylic acids is 2. The molecule has 0 aliphatic heterocycles. The molecule has 0 aromatic heterocycles. The molecule has 0 saturated heterocycles. The van der Waals surface area contributed by atoms with Crippen molar-refractivity contribution >= 4 is 11.9 Å². The van der Waals surface area contributed by atoms with Gasteiger partial charge >= 0.3 is 6.03 Å². The lowest BCUT2D eigenvalue weighted by atomic mass is 10.0. The van der Waals surface area contributed by atoms with E-state index in [0.29, 0.717) is 18.9 Å². The first kappa shape index (κ1) is 13.5. The molecule has 0 aromatic rings. The standard InChI is InChI=1S/C10H19N3O2/c1-4-5-12-9(14)8(6-7(2)3)13-10(11)15/h4,7-8H,1,5-6H2,2-3H3,(H,12,14)(H3,11,13,15). The smallest absolute Gasteiger partial charge is 0.312 e. The fourth-order valence-electron chi connectivity index (χ4n) is 1.17. The van der Waals surface area contributed by atoms with Crippen molar-refractivity contribution < 1.29 is 9.59 Å². The molecule has 0 aliphatic rings. The normalized spacial score (nSPS) is 11.9. The van der Waals surface area contributed by atoms with Crippen molar-refractivity contribution in [2.75, 3.05) is 6.54 Å². The molecule has 0 saturated carbocycles. The molecular weight excluding hydrogens is 194 g/mol. The zero-order valence-corrected chi connectivity index (χ0v) is 9.25. The van der Waals surface area contributed by atoms with Gasteiger partial charge < -0.3 is 16.4 Å². The van der Waals surface area contributed by atoms with E-state index in [0.717, 1.165) is 0 Å². The summed E-state index contributed by atoms with van der Waals surface area (Å²) in [7, 11) is 0. The van der Waals surface area contributed by atoms with Gasteiger partial charge in [-0.05, 0) is 12.3 Å². The molecule has 15 heavy (non-hydrogen) atoms. The van der Waals surface area contributed by atoms with E-state index < -0.39 is 12.1 Å². The first-order valence-corrected chi connectivity index (χ1v) is 4.92. The summed E-state index contributed by atoms with van der Waals surface area (Å²) in [6.07, 6.45) is 2.14. The monoisotopic (exact) mass is 213 g/mol. The molecule has 0 fully saturated rings. The number of amides is 3. The second kappa shape index (κ2) is 6.86. The van der Waals surface area contributed by atoms with Gasteiger partial charge in [0.2, 0.25) is 5.91 Å². The molecule has 1 unspecified atom stereocenters. The number of nitrogens with two attached hydrogens (primary N) is 1. The van der Waals surface area contributed by atoms with Crippen LogP contribution < -0.4 is 16.4 Å². The lowest BCUT2D eigenvalue weighted by Crippen LogP contribution is -2.49. The quantitative estimate of drug-likeness (QED) is 0.557. The zero-order valence-electron chi connectivity index (χ0n) is 9.25. The fraction of sp³-hybridized carbons (Fsp3) is 0.600.